The highest BCUT2D eigenvalue weighted by molar-refractivity contribution is 7.20. The molecule has 1 N–H and O–H groups in total. The third-order valence-corrected chi connectivity index (χ3v) is 6.18. The highest BCUT2D eigenvalue weighted by atomic mass is 32.1. The van der Waals surface area contributed by atoms with E-state index in [1.807, 2.05) is 48.9 Å². The molecule has 2 aromatic heterocycles. The third-order valence-electron chi connectivity index (χ3n) is 5.07. The Hall–Kier alpha value is -2.87. The van der Waals surface area contributed by atoms with Gasteiger partial charge in [0.05, 0.1) is 23.4 Å². The Morgan fingerprint density at radius 2 is 2.07 bits per heavy atom. The summed E-state index contributed by atoms with van der Waals surface area (Å²) in [6.07, 6.45) is 0.370. The normalized spacial score (nSPS) is 16.5. The van der Waals surface area contributed by atoms with Crippen LogP contribution in [0.5, 0.6) is 0 Å². The van der Waals surface area contributed by atoms with Crippen molar-refractivity contribution in [2.75, 3.05) is 20.2 Å². The molecular weight excluding hydrogens is 376 g/mol. The summed E-state index contributed by atoms with van der Waals surface area (Å²) < 4.78 is 6.66. The van der Waals surface area contributed by atoms with Crippen molar-refractivity contribution in [3.8, 4) is 5.69 Å². The van der Waals surface area contributed by atoms with E-state index in [0.717, 1.165) is 33.6 Å². The van der Waals surface area contributed by atoms with E-state index in [4.69, 9.17) is 4.74 Å². The highest BCUT2D eigenvalue weighted by Crippen LogP contribution is 2.31. The standard InChI is InChI=1S/C20H22N4O3S/c1-12-6-4-5-7-16(12)24-19-15(13(2)22-24)10-17(28-19)18(25)21-14-8-9-23(11-14)20(26)27-3/h4-7,10,14H,8-9,11H2,1-3H3,(H,21,25)/t14-/m0/s1. The summed E-state index contributed by atoms with van der Waals surface area (Å²) in [7, 11) is 1.37. The predicted octanol–water partition coefficient (Wildman–Crippen LogP) is 3.27. The molecule has 4 rings (SSSR count). The summed E-state index contributed by atoms with van der Waals surface area (Å²) in [6, 6.07) is 9.90. The van der Waals surface area contributed by atoms with Gasteiger partial charge >= 0.3 is 6.09 Å². The first-order valence-corrected chi connectivity index (χ1v) is 9.98. The summed E-state index contributed by atoms with van der Waals surface area (Å²) in [5.74, 6) is -0.117. The minimum atomic E-state index is -0.354. The number of nitrogens with zero attached hydrogens (tertiary/aromatic N) is 3. The van der Waals surface area contributed by atoms with Crippen LogP contribution in [0.1, 0.15) is 27.3 Å². The molecule has 1 aliphatic rings. The summed E-state index contributed by atoms with van der Waals surface area (Å²) in [5, 5.41) is 8.68. The van der Waals surface area contributed by atoms with Gasteiger partial charge in [-0.2, -0.15) is 5.10 Å². The predicted molar refractivity (Wildman–Crippen MR) is 108 cm³/mol. The molecular formula is C20H22N4O3S. The van der Waals surface area contributed by atoms with Gasteiger partial charge in [0.1, 0.15) is 4.83 Å². The Morgan fingerprint density at radius 1 is 1.29 bits per heavy atom. The number of nitrogens with one attached hydrogen (secondary N) is 1. The largest absolute Gasteiger partial charge is 0.453 e. The monoisotopic (exact) mass is 398 g/mol. The van der Waals surface area contributed by atoms with Crippen molar-refractivity contribution in [1.29, 1.82) is 0 Å². The number of ether oxygens (including phenoxy) is 1. The number of rotatable bonds is 3. The number of methoxy groups -OCH3 is 1. The van der Waals surface area contributed by atoms with E-state index in [1.54, 1.807) is 4.90 Å². The number of aryl methyl sites for hydroxylation is 2. The lowest BCUT2D eigenvalue weighted by Gasteiger charge is -2.15. The molecule has 7 nitrogen and oxygen atoms in total. The first-order valence-electron chi connectivity index (χ1n) is 9.17. The van der Waals surface area contributed by atoms with Crippen LogP contribution in [0, 0.1) is 13.8 Å². The molecule has 1 atom stereocenters. The minimum Gasteiger partial charge on any atom is -0.453 e. The number of thiophene rings is 1. The van der Waals surface area contributed by atoms with Gasteiger partial charge in [-0.15, -0.1) is 11.3 Å². The molecule has 0 spiro atoms. The summed E-state index contributed by atoms with van der Waals surface area (Å²) in [4.78, 5) is 27.6. The molecule has 0 saturated carbocycles. The van der Waals surface area contributed by atoms with Crippen molar-refractivity contribution in [2.24, 2.45) is 0 Å². The van der Waals surface area contributed by atoms with Crippen LogP contribution in [-0.2, 0) is 4.74 Å². The van der Waals surface area contributed by atoms with Crippen molar-refractivity contribution in [2.45, 2.75) is 26.3 Å². The second kappa shape index (κ2) is 7.27. The van der Waals surface area contributed by atoms with Gasteiger partial charge in [0.15, 0.2) is 0 Å². The van der Waals surface area contributed by atoms with Crippen molar-refractivity contribution >= 4 is 33.6 Å². The van der Waals surface area contributed by atoms with Crippen molar-refractivity contribution in [3.63, 3.8) is 0 Å². The van der Waals surface area contributed by atoms with Gasteiger partial charge in [0.25, 0.3) is 5.91 Å². The zero-order chi connectivity index (χ0) is 19.8. The number of aromatic nitrogens is 2. The van der Waals surface area contributed by atoms with Crippen LogP contribution in [0.4, 0.5) is 4.79 Å². The molecule has 1 aromatic carbocycles. The lowest BCUT2D eigenvalue weighted by Crippen LogP contribution is -2.38. The number of carbonyl (C=O) groups is 2. The van der Waals surface area contributed by atoms with E-state index in [1.165, 1.54) is 18.4 Å². The summed E-state index contributed by atoms with van der Waals surface area (Å²) in [5.41, 5.74) is 3.03. The zero-order valence-electron chi connectivity index (χ0n) is 16.1. The summed E-state index contributed by atoms with van der Waals surface area (Å²) >= 11 is 1.43. The van der Waals surface area contributed by atoms with Crippen LogP contribution in [0.15, 0.2) is 30.3 Å². The Bertz CT molecular complexity index is 1060. The minimum absolute atomic E-state index is 0.0641. The first kappa shape index (κ1) is 18.5. The van der Waals surface area contributed by atoms with Gasteiger partial charge < -0.3 is 15.0 Å². The van der Waals surface area contributed by atoms with Gasteiger partial charge in [-0.1, -0.05) is 18.2 Å². The zero-order valence-corrected chi connectivity index (χ0v) is 16.9. The topological polar surface area (TPSA) is 76.5 Å². The van der Waals surface area contributed by atoms with E-state index in [9.17, 15) is 9.59 Å². The van der Waals surface area contributed by atoms with Crippen molar-refractivity contribution < 1.29 is 14.3 Å². The lowest BCUT2D eigenvalue weighted by atomic mass is 10.2. The van der Waals surface area contributed by atoms with E-state index in [2.05, 4.69) is 10.4 Å². The van der Waals surface area contributed by atoms with Crippen LogP contribution in [-0.4, -0.2) is 52.9 Å². The van der Waals surface area contributed by atoms with Gasteiger partial charge in [-0.3, -0.25) is 4.79 Å². The molecule has 1 saturated heterocycles. The molecule has 1 aliphatic heterocycles. The van der Waals surface area contributed by atoms with Crippen LogP contribution in [0.2, 0.25) is 0 Å². The second-order valence-electron chi connectivity index (χ2n) is 6.99. The maximum absolute atomic E-state index is 12.8. The number of hydrogen-bond acceptors (Lipinski definition) is 5. The maximum atomic E-state index is 12.8. The van der Waals surface area contributed by atoms with Crippen LogP contribution in [0.3, 0.4) is 0 Å². The number of para-hydroxylation sites is 1. The number of benzene rings is 1. The van der Waals surface area contributed by atoms with E-state index in [0.29, 0.717) is 18.0 Å². The average molecular weight is 398 g/mol. The first-order chi connectivity index (χ1) is 13.5. The van der Waals surface area contributed by atoms with Crippen LogP contribution in [0.25, 0.3) is 15.9 Å². The third kappa shape index (κ3) is 3.24. The summed E-state index contributed by atoms with van der Waals surface area (Å²) in [6.45, 7) is 5.06. The molecule has 0 radical (unpaired) electrons. The van der Waals surface area contributed by atoms with Gasteiger partial charge in [-0.25, -0.2) is 9.48 Å². The SMILES string of the molecule is COC(=O)N1CC[C@H](NC(=O)c2cc3c(C)nn(-c4ccccc4C)c3s2)C1. The fraction of sp³-hybridized carbons (Fsp3) is 0.350. The van der Waals surface area contributed by atoms with Crippen molar-refractivity contribution in [1.82, 2.24) is 20.0 Å². The molecule has 146 valence electrons. The molecule has 0 bridgehead atoms. The molecule has 1 fully saturated rings. The van der Waals surface area contributed by atoms with Crippen molar-refractivity contribution in [3.05, 3.63) is 46.5 Å². The number of fused-ring (bicyclic) bond motifs is 1. The second-order valence-corrected chi connectivity index (χ2v) is 8.02. The molecule has 8 heteroatoms. The van der Waals surface area contributed by atoms with E-state index >= 15 is 0 Å². The van der Waals surface area contributed by atoms with Gasteiger partial charge in [0, 0.05) is 24.5 Å². The van der Waals surface area contributed by atoms with Gasteiger partial charge in [0.2, 0.25) is 0 Å². The molecule has 0 aliphatic carbocycles. The van der Waals surface area contributed by atoms with E-state index < -0.39 is 0 Å². The molecule has 28 heavy (non-hydrogen) atoms. The highest BCUT2D eigenvalue weighted by Gasteiger charge is 2.28. The van der Waals surface area contributed by atoms with Crippen LogP contribution < -0.4 is 5.32 Å². The van der Waals surface area contributed by atoms with Crippen LogP contribution >= 0.6 is 11.3 Å². The Kier molecular flexibility index (Phi) is 4.80. The maximum Gasteiger partial charge on any atom is 0.409 e. The molecule has 2 amide bonds. The molecule has 0 unspecified atom stereocenters. The Morgan fingerprint density at radius 3 is 2.82 bits per heavy atom. The fourth-order valence-corrected chi connectivity index (χ4v) is 4.63. The lowest BCUT2D eigenvalue weighted by molar-refractivity contribution is 0.0938. The number of likely N-dealkylation sites (tertiary alicyclic amines) is 1. The smallest absolute Gasteiger partial charge is 0.409 e. The molecule has 3 heterocycles. The van der Waals surface area contributed by atoms with E-state index in [-0.39, 0.29) is 18.0 Å². The van der Waals surface area contributed by atoms with Gasteiger partial charge in [-0.05, 0) is 38.0 Å². The number of carbonyl (C=O) groups excluding carboxylic acids is 2. The number of hydrogen-bond donors (Lipinski definition) is 1. The number of amides is 2. The quantitative estimate of drug-likeness (QED) is 0.735. The molecule has 3 aromatic rings. The fourth-order valence-electron chi connectivity index (χ4n) is 3.55. The average Bonchev–Trinajstić information content (AvgIpc) is 3.39. The Balaban J connectivity index is 1.57. The Labute approximate surface area is 166 Å².